The van der Waals surface area contributed by atoms with Crippen molar-refractivity contribution < 1.29 is 0 Å². The van der Waals surface area contributed by atoms with Crippen LogP contribution >= 0.6 is 0 Å². The fraction of sp³-hybridized carbons (Fsp3) is 0.556. The molecular formula is C27H40. The van der Waals surface area contributed by atoms with Crippen molar-refractivity contribution in [3.8, 4) is 11.1 Å². The van der Waals surface area contributed by atoms with Gasteiger partial charge >= 0.3 is 0 Å². The Labute approximate surface area is 168 Å². The molecular weight excluding hydrogens is 324 g/mol. The van der Waals surface area contributed by atoms with Crippen LogP contribution in [0.3, 0.4) is 0 Å². The number of fused-ring (bicyclic) bond motifs is 5. The van der Waals surface area contributed by atoms with Gasteiger partial charge in [0, 0.05) is 5.41 Å². The van der Waals surface area contributed by atoms with Crippen molar-refractivity contribution in [1.82, 2.24) is 0 Å². The second kappa shape index (κ2) is 8.21. The highest BCUT2D eigenvalue weighted by Crippen LogP contribution is 2.56. The van der Waals surface area contributed by atoms with Crippen LogP contribution in [0.4, 0.5) is 0 Å². The molecule has 1 spiro atoms. The van der Waals surface area contributed by atoms with Gasteiger partial charge in [-0.3, -0.25) is 0 Å². The average molecular weight is 365 g/mol. The topological polar surface area (TPSA) is 0 Å². The van der Waals surface area contributed by atoms with E-state index < -0.39 is 0 Å². The van der Waals surface area contributed by atoms with Crippen molar-refractivity contribution in [3.05, 3.63) is 59.7 Å². The molecule has 0 amide bonds. The fourth-order valence-electron chi connectivity index (χ4n) is 3.93. The summed E-state index contributed by atoms with van der Waals surface area (Å²) in [6.45, 7) is 17.5. The number of hydrogen-bond acceptors (Lipinski definition) is 0. The maximum absolute atomic E-state index is 2.35. The summed E-state index contributed by atoms with van der Waals surface area (Å²) in [5.74, 6) is 0. The maximum atomic E-state index is 2.35. The Hall–Kier alpha value is -1.56. The summed E-state index contributed by atoms with van der Waals surface area (Å²) in [7, 11) is 0. The van der Waals surface area contributed by atoms with Crippen LogP contribution in [0, 0.1) is 10.8 Å². The number of benzene rings is 2. The molecule has 4 rings (SSSR count). The Bertz CT molecular complexity index is 660. The van der Waals surface area contributed by atoms with Crippen molar-refractivity contribution in [2.45, 2.75) is 86.5 Å². The van der Waals surface area contributed by atoms with Crippen LogP contribution in [-0.2, 0) is 5.41 Å². The van der Waals surface area contributed by atoms with Crippen molar-refractivity contribution in [1.29, 1.82) is 0 Å². The highest BCUT2D eigenvalue weighted by molar-refractivity contribution is 5.81. The van der Waals surface area contributed by atoms with E-state index in [0.29, 0.717) is 16.2 Å². The molecule has 2 aliphatic rings. The Morgan fingerprint density at radius 1 is 0.556 bits per heavy atom. The van der Waals surface area contributed by atoms with Gasteiger partial charge in [0.2, 0.25) is 0 Å². The van der Waals surface area contributed by atoms with E-state index in [1.54, 1.807) is 11.1 Å². The predicted molar refractivity (Wildman–Crippen MR) is 121 cm³/mol. The first kappa shape index (κ1) is 21.7. The van der Waals surface area contributed by atoms with Gasteiger partial charge in [0.05, 0.1) is 0 Å². The van der Waals surface area contributed by atoms with Gasteiger partial charge in [-0.2, -0.15) is 0 Å². The minimum Gasteiger partial charge on any atom is -0.0619 e. The van der Waals surface area contributed by atoms with Gasteiger partial charge in [0.1, 0.15) is 0 Å². The van der Waals surface area contributed by atoms with E-state index in [-0.39, 0.29) is 0 Å². The van der Waals surface area contributed by atoms with E-state index in [9.17, 15) is 0 Å². The second-order valence-electron chi connectivity index (χ2n) is 11.4. The molecule has 0 nitrogen and oxygen atoms in total. The van der Waals surface area contributed by atoms with Crippen molar-refractivity contribution in [2.75, 3.05) is 0 Å². The molecule has 2 aromatic carbocycles. The smallest absolute Gasteiger partial charge is 0.0215 e. The van der Waals surface area contributed by atoms with Gasteiger partial charge in [0.25, 0.3) is 0 Å². The normalized spacial score (nSPS) is 16.6. The highest BCUT2D eigenvalue weighted by Gasteiger charge is 2.44. The van der Waals surface area contributed by atoms with Gasteiger partial charge in [0.15, 0.2) is 0 Å². The Morgan fingerprint density at radius 2 is 0.852 bits per heavy atom. The van der Waals surface area contributed by atoms with Gasteiger partial charge < -0.3 is 0 Å². The molecule has 0 N–H and O–H groups in total. The summed E-state index contributed by atoms with van der Waals surface area (Å²) in [4.78, 5) is 0. The first-order chi connectivity index (χ1) is 12.4. The molecule has 0 atom stereocenters. The van der Waals surface area contributed by atoms with Crippen LogP contribution in [-0.4, -0.2) is 0 Å². The molecule has 0 saturated heterocycles. The standard InChI is InChI=1S/C17H16.2C5H12/c1-3-9-15-13(7-1)14-8-2-4-10-16(14)17(15)11-5-6-12-17;2*1-5(2,3)4/h1-4,7-10H,5-6,11-12H2;2*1-4H3. The Kier molecular flexibility index (Phi) is 6.61. The van der Waals surface area contributed by atoms with Crippen molar-refractivity contribution in [3.63, 3.8) is 0 Å². The molecule has 1 fully saturated rings. The third-order valence-electron chi connectivity index (χ3n) is 4.63. The van der Waals surface area contributed by atoms with Crippen LogP contribution in [0.5, 0.6) is 0 Å². The second-order valence-corrected chi connectivity index (χ2v) is 11.4. The zero-order chi connectivity index (χ0) is 20.3. The zero-order valence-electron chi connectivity index (χ0n) is 18.9. The lowest BCUT2D eigenvalue weighted by Gasteiger charge is -2.26. The molecule has 0 heteroatoms. The Morgan fingerprint density at radius 3 is 1.19 bits per heavy atom. The van der Waals surface area contributed by atoms with E-state index in [1.165, 1.54) is 36.8 Å². The van der Waals surface area contributed by atoms with Crippen LogP contribution in [0.1, 0.15) is 92.2 Å². The molecule has 2 aliphatic carbocycles. The number of rotatable bonds is 0. The lowest BCUT2D eigenvalue weighted by atomic mass is 9.77. The molecule has 0 radical (unpaired) electrons. The van der Waals surface area contributed by atoms with Crippen LogP contribution in [0.25, 0.3) is 11.1 Å². The third kappa shape index (κ3) is 5.96. The van der Waals surface area contributed by atoms with Crippen molar-refractivity contribution in [2.24, 2.45) is 10.8 Å². The van der Waals surface area contributed by atoms with Crippen LogP contribution in [0.2, 0.25) is 0 Å². The molecule has 148 valence electrons. The van der Waals surface area contributed by atoms with E-state index in [4.69, 9.17) is 0 Å². The largest absolute Gasteiger partial charge is 0.0619 e. The van der Waals surface area contributed by atoms with E-state index in [2.05, 4.69) is 104 Å². The van der Waals surface area contributed by atoms with E-state index >= 15 is 0 Å². The summed E-state index contributed by atoms with van der Waals surface area (Å²) >= 11 is 0. The maximum Gasteiger partial charge on any atom is 0.0215 e. The summed E-state index contributed by atoms with van der Waals surface area (Å²) < 4.78 is 0. The summed E-state index contributed by atoms with van der Waals surface area (Å²) in [6.07, 6.45) is 5.42. The zero-order valence-corrected chi connectivity index (χ0v) is 18.9. The molecule has 0 unspecified atom stereocenters. The van der Waals surface area contributed by atoms with Gasteiger partial charge in [-0.25, -0.2) is 0 Å². The lowest BCUT2D eigenvalue weighted by molar-refractivity contribution is 0.469. The lowest BCUT2D eigenvalue weighted by Crippen LogP contribution is -2.20. The Balaban J connectivity index is 0.000000221. The average Bonchev–Trinajstić information content (AvgIpc) is 3.12. The van der Waals surface area contributed by atoms with E-state index in [0.717, 1.165) is 0 Å². The van der Waals surface area contributed by atoms with Gasteiger partial charge in [-0.05, 0) is 45.9 Å². The molecule has 27 heavy (non-hydrogen) atoms. The fourth-order valence-corrected chi connectivity index (χ4v) is 3.93. The number of hydrogen-bond donors (Lipinski definition) is 0. The third-order valence-corrected chi connectivity index (χ3v) is 4.63. The predicted octanol–water partition coefficient (Wildman–Crippen LogP) is 8.63. The van der Waals surface area contributed by atoms with Crippen LogP contribution in [0.15, 0.2) is 48.5 Å². The first-order valence-electron chi connectivity index (χ1n) is 10.6. The minimum atomic E-state index is 0.354. The highest BCUT2D eigenvalue weighted by atomic mass is 14.5. The van der Waals surface area contributed by atoms with Gasteiger partial charge in [-0.1, -0.05) is 117 Å². The quantitative estimate of drug-likeness (QED) is 0.439. The first-order valence-corrected chi connectivity index (χ1v) is 10.6. The molecule has 0 heterocycles. The van der Waals surface area contributed by atoms with Crippen molar-refractivity contribution >= 4 is 0 Å². The van der Waals surface area contributed by atoms with E-state index in [1.807, 2.05) is 0 Å². The van der Waals surface area contributed by atoms with Crippen LogP contribution < -0.4 is 0 Å². The minimum absolute atomic E-state index is 0.354. The molecule has 0 aromatic heterocycles. The molecule has 2 aromatic rings. The summed E-state index contributed by atoms with van der Waals surface area (Å²) in [5, 5.41) is 0. The summed E-state index contributed by atoms with van der Waals surface area (Å²) in [5.41, 5.74) is 7.47. The molecule has 1 saturated carbocycles. The SMILES string of the molecule is CC(C)(C)C.CC(C)(C)C.c1ccc2c(c1)-c1ccccc1C21CCCC1. The molecule has 0 bridgehead atoms. The van der Waals surface area contributed by atoms with Gasteiger partial charge in [-0.15, -0.1) is 0 Å². The summed E-state index contributed by atoms with van der Waals surface area (Å²) in [6, 6.07) is 18.0. The molecule has 0 aliphatic heterocycles. The monoisotopic (exact) mass is 364 g/mol.